The van der Waals surface area contributed by atoms with Crippen LogP contribution in [0.25, 0.3) is 0 Å². The Bertz CT molecular complexity index is 505. The number of carboxylic acids is 1. The monoisotopic (exact) mass is 271 g/mol. The third-order valence-corrected chi connectivity index (χ3v) is 3.08. The molecular weight excluding hydrogens is 256 g/mol. The van der Waals surface area contributed by atoms with Gasteiger partial charge < -0.3 is 10.0 Å². The fourth-order valence-electron chi connectivity index (χ4n) is 1.93. The molecular formula is C13H15F2NO3. The normalized spacial score (nSPS) is 14.0. The summed E-state index contributed by atoms with van der Waals surface area (Å²) in [5, 5.41) is 9.38. The van der Waals surface area contributed by atoms with Gasteiger partial charge in [-0.3, -0.25) is 4.79 Å². The molecule has 0 heterocycles. The van der Waals surface area contributed by atoms with E-state index in [2.05, 4.69) is 0 Å². The maximum absolute atomic E-state index is 13.3. The molecule has 0 bridgehead atoms. The van der Waals surface area contributed by atoms with Crippen molar-refractivity contribution in [3.63, 3.8) is 0 Å². The van der Waals surface area contributed by atoms with Crippen LogP contribution in [-0.2, 0) is 15.1 Å². The molecule has 1 amide bonds. The molecule has 0 fully saturated rings. The average molecular weight is 271 g/mol. The number of carboxylic acid groups (broad SMARTS) is 1. The fourth-order valence-corrected chi connectivity index (χ4v) is 1.93. The zero-order chi connectivity index (χ0) is 14.8. The van der Waals surface area contributed by atoms with Crippen LogP contribution in [0.3, 0.4) is 0 Å². The molecule has 104 valence electrons. The molecule has 1 aromatic carbocycles. The van der Waals surface area contributed by atoms with Gasteiger partial charge in [-0.1, -0.05) is 6.07 Å². The van der Waals surface area contributed by atoms with Crippen molar-refractivity contribution in [3.05, 3.63) is 35.4 Å². The number of aliphatic carboxylic acids is 1. The molecule has 1 unspecified atom stereocenters. The van der Waals surface area contributed by atoms with Crippen molar-refractivity contribution in [2.24, 2.45) is 0 Å². The Hall–Kier alpha value is -1.98. The van der Waals surface area contributed by atoms with Crippen LogP contribution in [0.1, 0.15) is 26.3 Å². The minimum atomic E-state index is -1.76. The molecule has 0 aliphatic carbocycles. The number of hydrogen-bond acceptors (Lipinski definition) is 2. The number of amides is 1. The van der Waals surface area contributed by atoms with E-state index in [0.717, 1.165) is 23.1 Å². The van der Waals surface area contributed by atoms with Crippen LogP contribution in [0.2, 0.25) is 0 Å². The Labute approximate surface area is 109 Å². The van der Waals surface area contributed by atoms with Crippen molar-refractivity contribution in [1.82, 2.24) is 4.90 Å². The average Bonchev–Trinajstić information content (AvgIpc) is 2.32. The number of rotatable bonds is 5. The van der Waals surface area contributed by atoms with E-state index in [1.165, 1.54) is 6.92 Å². The number of carbonyl (C=O) groups excluding carboxylic acids is 1. The molecule has 6 heteroatoms. The summed E-state index contributed by atoms with van der Waals surface area (Å²) in [6, 6.07) is 2.38. The van der Waals surface area contributed by atoms with Crippen LogP contribution in [0.15, 0.2) is 18.2 Å². The van der Waals surface area contributed by atoms with E-state index in [1.54, 1.807) is 13.8 Å². The molecule has 0 aliphatic rings. The molecule has 0 aliphatic heterocycles. The molecule has 0 saturated heterocycles. The standard InChI is InChI=1S/C13H15F2NO3/c1-8(2)16(7-17)13(3,12(18)19)9-4-5-10(14)11(15)6-9/h4-8H,1-3H3,(H,18,19). The lowest BCUT2D eigenvalue weighted by Crippen LogP contribution is -2.52. The summed E-state index contributed by atoms with van der Waals surface area (Å²) in [4.78, 5) is 23.7. The molecule has 19 heavy (non-hydrogen) atoms. The van der Waals surface area contributed by atoms with Crippen molar-refractivity contribution in [2.45, 2.75) is 32.4 Å². The zero-order valence-corrected chi connectivity index (χ0v) is 10.9. The third kappa shape index (κ3) is 2.57. The number of nitrogens with zero attached hydrogens (tertiary/aromatic N) is 1. The van der Waals surface area contributed by atoms with Gasteiger partial charge in [0, 0.05) is 6.04 Å². The maximum Gasteiger partial charge on any atom is 0.334 e. The first-order chi connectivity index (χ1) is 8.75. The van der Waals surface area contributed by atoms with Crippen LogP contribution in [0.4, 0.5) is 8.78 Å². The number of hydrogen-bond donors (Lipinski definition) is 1. The predicted molar refractivity (Wildman–Crippen MR) is 64.4 cm³/mol. The molecule has 1 atom stereocenters. The lowest BCUT2D eigenvalue weighted by Gasteiger charge is -2.38. The van der Waals surface area contributed by atoms with E-state index >= 15 is 0 Å². The lowest BCUT2D eigenvalue weighted by molar-refractivity contribution is -0.156. The van der Waals surface area contributed by atoms with Gasteiger partial charge in [-0.2, -0.15) is 0 Å². The Morgan fingerprint density at radius 1 is 1.37 bits per heavy atom. The summed E-state index contributed by atoms with van der Waals surface area (Å²) in [6.07, 6.45) is 0.389. The summed E-state index contributed by atoms with van der Waals surface area (Å²) in [7, 11) is 0. The van der Waals surface area contributed by atoms with E-state index < -0.39 is 29.2 Å². The van der Waals surface area contributed by atoms with Gasteiger partial charge in [0.25, 0.3) is 0 Å². The van der Waals surface area contributed by atoms with E-state index in [-0.39, 0.29) is 5.56 Å². The second-order valence-corrected chi connectivity index (χ2v) is 4.61. The minimum absolute atomic E-state index is 0.000278. The Morgan fingerprint density at radius 3 is 2.32 bits per heavy atom. The van der Waals surface area contributed by atoms with E-state index in [4.69, 9.17) is 0 Å². The summed E-state index contributed by atoms with van der Waals surface area (Å²) >= 11 is 0. The van der Waals surface area contributed by atoms with Crippen molar-refractivity contribution in [1.29, 1.82) is 0 Å². The quantitative estimate of drug-likeness (QED) is 0.835. The van der Waals surface area contributed by atoms with Gasteiger partial charge in [0.1, 0.15) is 0 Å². The second-order valence-electron chi connectivity index (χ2n) is 4.61. The fraction of sp³-hybridized carbons (Fsp3) is 0.385. The SMILES string of the molecule is CC(C)N(C=O)C(C)(C(=O)O)c1ccc(F)c(F)c1. The molecule has 0 radical (unpaired) electrons. The van der Waals surface area contributed by atoms with Crippen molar-refractivity contribution >= 4 is 12.4 Å². The van der Waals surface area contributed by atoms with Crippen LogP contribution in [-0.4, -0.2) is 28.4 Å². The summed E-state index contributed by atoms with van der Waals surface area (Å²) in [5.41, 5.74) is -1.76. The molecule has 0 saturated carbocycles. The summed E-state index contributed by atoms with van der Waals surface area (Å²) < 4.78 is 26.2. The van der Waals surface area contributed by atoms with Crippen LogP contribution in [0.5, 0.6) is 0 Å². The summed E-state index contributed by atoms with van der Waals surface area (Å²) in [6.45, 7) is 4.54. The van der Waals surface area contributed by atoms with E-state index in [9.17, 15) is 23.5 Å². The van der Waals surface area contributed by atoms with E-state index in [1.807, 2.05) is 0 Å². The van der Waals surface area contributed by atoms with Gasteiger partial charge in [-0.05, 0) is 38.5 Å². The number of carbonyl (C=O) groups is 2. The van der Waals surface area contributed by atoms with Crippen LogP contribution >= 0.6 is 0 Å². The topological polar surface area (TPSA) is 57.6 Å². The first-order valence-corrected chi connectivity index (χ1v) is 5.67. The van der Waals surface area contributed by atoms with E-state index in [0.29, 0.717) is 6.41 Å². The van der Waals surface area contributed by atoms with Gasteiger partial charge >= 0.3 is 5.97 Å². The highest BCUT2D eigenvalue weighted by Crippen LogP contribution is 2.30. The maximum atomic E-state index is 13.3. The molecule has 1 rings (SSSR count). The smallest absolute Gasteiger partial charge is 0.334 e. The third-order valence-electron chi connectivity index (χ3n) is 3.08. The first-order valence-electron chi connectivity index (χ1n) is 5.67. The largest absolute Gasteiger partial charge is 0.479 e. The number of benzene rings is 1. The Kier molecular flexibility index (Phi) is 4.24. The zero-order valence-electron chi connectivity index (χ0n) is 10.9. The molecule has 0 aromatic heterocycles. The molecule has 4 nitrogen and oxygen atoms in total. The molecule has 0 spiro atoms. The first kappa shape index (κ1) is 15.1. The van der Waals surface area contributed by atoms with Crippen molar-refractivity contribution < 1.29 is 23.5 Å². The highest BCUT2D eigenvalue weighted by Gasteiger charge is 2.42. The van der Waals surface area contributed by atoms with Gasteiger partial charge in [-0.15, -0.1) is 0 Å². The van der Waals surface area contributed by atoms with Crippen LogP contribution < -0.4 is 0 Å². The molecule has 1 N–H and O–H groups in total. The molecule has 1 aromatic rings. The second kappa shape index (κ2) is 5.34. The number of halogens is 2. The van der Waals surface area contributed by atoms with Gasteiger partial charge in [0.05, 0.1) is 0 Å². The van der Waals surface area contributed by atoms with Crippen LogP contribution in [0, 0.1) is 11.6 Å². The van der Waals surface area contributed by atoms with Gasteiger partial charge in [-0.25, -0.2) is 13.6 Å². The van der Waals surface area contributed by atoms with Gasteiger partial charge in [0.15, 0.2) is 17.2 Å². The predicted octanol–water partition coefficient (Wildman–Crippen LogP) is 2.13. The lowest BCUT2D eigenvalue weighted by atomic mass is 9.89. The summed E-state index contributed by atoms with van der Waals surface area (Å²) in [5.74, 6) is -3.54. The highest BCUT2D eigenvalue weighted by molar-refractivity contribution is 5.83. The Balaban J connectivity index is 3.44. The minimum Gasteiger partial charge on any atom is -0.479 e. The van der Waals surface area contributed by atoms with Crippen molar-refractivity contribution in [2.75, 3.05) is 0 Å². The van der Waals surface area contributed by atoms with Gasteiger partial charge in [0.2, 0.25) is 6.41 Å². The van der Waals surface area contributed by atoms with Crippen molar-refractivity contribution in [3.8, 4) is 0 Å². The Morgan fingerprint density at radius 2 is 1.95 bits per heavy atom. The highest BCUT2D eigenvalue weighted by atomic mass is 19.2.